The van der Waals surface area contributed by atoms with Crippen molar-refractivity contribution in [2.45, 2.75) is 6.54 Å². The van der Waals surface area contributed by atoms with Gasteiger partial charge in [0.1, 0.15) is 0 Å². The molecule has 1 aliphatic rings. The van der Waals surface area contributed by atoms with Gasteiger partial charge in [0.05, 0.1) is 17.7 Å². The smallest absolute Gasteiger partial charge is 0.317 e. The molecule has 110 valence electrons. The topological polar surface area (TPSA) is 74.2 Å². The Balaban J connectivity index is 1.48. The van der Waals surface area contributed by atoms with Gasteiger partial charge in [-0.2, -0.15) is 0 Å². The van der Waals surface area contributed by atoms with Crippen molar-refractivity contribution in [3.05, 3.63) is 35.0 Å². The second-order valence-corrected chi connectivity index (χ2v) is 5.38. The van der Waals surface area contributed by atoms with Crippen molar-refractivity contribution >= 4 is 23.3 Å². The number of rotatable bonds is 3. The first-order valence-corrected chi connectivity index (χ1v) is 7.69. The summed E-state index contributed by atoms with van der Waals surface area (Å²) in [6.45, 7) is 3.30. The minimum atomic E-state index is -0.0448. The molecule has 2 aromatic heterocycles. The third kappa shape index (κ3) is 3.46. The zero-order chi connectivity index (χ0) is 14.5. The number of carbonyl (C=O) groups is 1. The molecule has 0 atom stereocenters. The Bertz CT molecular complexity index is 568. The fraction of sp³-hybridized carbons (Fsp3) is 0.385. The first-order valence-electron chi connectivity index (χ1n) is 6.75. The van der Waals surface area contributed by atoms with Crippen LogP contribution in [0.2, 0.25) is 0 Å². The maximum absolute atomic E-state index is 12.1. The van der Waals surface area contributed by atoms with Crippen LogP contribution >= 0.6 is 11.3 Å². The van der Waals surface area contributed by atoms with Gasteiger partial charge < -0.3 is 15.1 Å². The lowest BCUT2D eigenvalue weighted by Crippen LogP contribution is -2.52. The summed E-state index contributed by atoms with van der Waals surface area (Å²) in [5.74, 6) is 0.722. The lowest BCUT2D eigenvalue weighted by molar-refractivity contribution is 0.193. The van der Waals surface area contributed by atoms with Crippen molar-refractivity contribution in [3.8, 4) is 0 Å². The third-order valence-electron chi connectivity index (χ3n) is 3.31. The summed E-state index contributed by atoms with van der Waals surface area (Å²) in [6.07, 6.45) is 3.46. The molecule has 0 aliphatic carbocycles. The van der Waals surface area contributed by atoms with Gasteiger partial charge >= 0.3 is 6.03 Å². The molecule has 3 heterocycles. The molecular weight excluding hydrogens is 288 g/mol. The van der Waals surface area contributed by atoms with E-state index in [2.05, 4.69) is 25.2 Å². The van der Waals surface area contributed by atoms with Gasteiger partial charge in [-0.25, -0.2) is 19.7 Å². The lowest BCUT2D eigenvalue weighted by atomic mass is 10.3. The molecule has 0 spiro atoms. The number of anilines is 1. The van der Waals surface area contributed by atoms with Gasteiger partial charge in [0.25, 0.3) is 0 Å². The molecule has 1 saturated heterocycles. The molecule has 0 saturated carbocycles. The average Bonchev–Trinajstić information content (AvgIpc) is 3.07. The molecular formula is C13H16N6OS. The van der Waals surface area contributed by atoms with Gasteiger partial charge in [-0.3, -0.25) is 0 Å². The first kappa shape index (κ1) is 13.7. The van der Waals surface area contributed by atoms with E-state index in [1.54, 1.807) is 24.0 Å². The maximum atomic E-state index is 12.1. The third-order valence-corrected chi connectivity index (χ3v) is 3.94. The highest BCUT2D eigenvalue weighted by atomic mass is 32.1. The Morgan fingerprint density at radius 2 is 1.95 bits per heavy atom. The maximum Gasteiger partial charge on any atom is 0.317 e. The minimum absolute atomic E-state index is 0.0448. The molecule has 7 nitrogen and oxygen atoms in total. The number of aromatic nitrogens is 3. The van der Waals surface area contributed by atoms with Crippen molar-refractivity contribution in [2.75, 3.05) is 31.1 Å². The van der Waals surface area contributed by atoms with Crippen LogP contribution in [0.15, 0.2) is 29.4 Å². The van der Waals surface area contributed by atoms with Crippen molar-refractivity contribution in [1.29, 1.82) is 0 Å². The van der Waals surface area contributed by atoms with Crippen LogP contribution in [0.4, 0.5) is 10.7 Å². The van der Waals surface area contributed by atoms with E-state index >= 15 is 0 Å². The summed E-state index contributed by atoms with van der Waals surface area (Å²) < 4.78 is 0. The lowest BCUT2D eigenvalue weighted by Gasteiger charge is -2.34. The zero-order valence-corrected chi connectivity index (χ0v) is 12.3. The van der Waals surface area contributed by atoms with E-state index in [1.807, 2.05) is 10.3 Å². The summed E-state index contributed by atoms with van der Waals surface area (Å²) in [7, 11) is 0. The molecule has 1 fully saturated rings. The summed E-state index contributed by atoms with van der Waals surface area (Å²) in [5, 5.41) is 4.83. The normalized spacial score (nSPS) is 15.0. The van der Waals surface area contributed by atoms with Gasteiger partial charge in [-0.1, -0.05) is 0 Å². The molecule has 3 rings (SSSR count). The van der Waals surface area contributed by atoms with E-state index in [1.165, 1.54) is 11.3 Å². The summed E-state index contributed by atoms with van der Waals surface area (Å²) in [4.78, 5) is 28.6. The van der Waals surface area contributed by atoms with Gasteiger partial charge in [-0.15, -0.1) is 11.3 Å². The molecule has 0 aromatic carbocycles. The van der Waals surface area contributed by atoms with Crippen LogP contribution < -0.4 is 10.2 Å². The predicted octanol–water partition coefficient (Wildman–Crippen LogP) is 0.965. The van der Waals surface area contributed by atoms with E-state index in [0.29, 0.717) is 19.6 Å². The van der Waals surface area contributed by atoms with Gasteiger partial charge in [0.2, 0.25) is 5.95 Å². The molecule has 1 N–H and O–H groups in total. The largest absolute Gasteiger partial charge is 0.337 e. The molecule has 2 aromatic rings. The number of amides is 2. The van der Waals surface area contributed by atoms with Crippen LogP contribution in [0, 0.1) is 0 Å². The highest BCUT2D eigenvalue weighted by Gasteiger charge is 2.22. The minimum Gasteiger partial charge on any atom is -0.337 e. The number of nitrogens with zero attached hydrogens (tertiary/aromatic N) is 5. The number of nitrogens with one attached hydrogen (secondary N) is 1. The molecule has 8 heteroatoms. The highest BCUT2D eigenvalue weighted by Crippen LogP contribution is 2.09. The Hall–Kier alpha value is -2.22. The second-order valence-electron chi connectivity index (χ2n) is 4.66. The quantitative estimate of drug-likeness (QED) is 0.914. The van der Waals surface area contributed by atoms with Crippen LogP contribution in [0.5, 0.6) is 0 Å². The number of hydrogen-bond donors (Lipinski definition) is 1. The number of urea groups is 1. The Labute approximate surface area is 126 Å². The van der Waals surface area contributed by atoms with E-state index in [-0.39, 0.29) is 6.03 Å². The predicted molar refractivity (Wildman–Crippen MR) is 80.2 cm³/mol. The van der Waals surface area contributed by atoms with Crippen LogP contribution in [-0.4, -0.2) is 52.1 Å². The summed E-state index contributed by atoms with van der Waals surface area (Å²) in [5.41, 5.74) is 2.66. The van der Waals surface area contributed by atoms with Crippen LogP contribution in [-0.2, 0) is 6.54 Å². The summed E-state index contributed by atoms with van der Waals surface area (Å²) in [6, 6.07) is 1.75. The summed E-state index contributed by atoms with van der Waals surface area (Å²) >= 11 is 1.53. The number of thiazole rings is 1. The van der Waals surface area contributed by atoms with E-state index < -0.39 is 0 Å². The van der Waals surface area contributed by atoms with Crippen molar-refractivity contribution < 1.29 is 4.79 Å². The molecule has 0 unspecified atom stereocenters. The molecule has 1 aliphatic heterocycles. The zero-order valence-electron chi connectivity index (χ0n) is 11.5. The van der Waals surface area contributed by atoms with Gasteiger partial charge in [0.15, 0.2) is 0 Å². The Morgan fingerprint density at radius 3 is 2.62 bits per heavy atom. The van der Waals surface area contributed by atoms with E-state index in [4.69, 9.17) is 0 Å². The van der Waals surface area contributed by atoms with Gasteiger partial charge in [-0.05, 0) is 6.07 Å². The molecule has 21 heavy (non-hydrogen) atoms. The SMILES string of the molecule is O=C(NCc1cscn1)N1CCN(c2ncccn2)CC1. The van der Waals surface area contributed by atoms with Crippen LogP contribution in [0.1, 0.15) is 5.69 Å². The highest BCUT2D eigenvalue weighted by molar-refractivity contribution is 7.07. The fourth-order valence-electron chi connectivity index (χ4n) is 2.17. The van der Waals surface area contributed by atoms with Gasteiger partial charge in [0, 0.05) is 44.0 Å². The molecule has 0 radical (unpaired) electrons. The van der Waals surface area contributed by atoms with Crippen molar-refractivity contribution in [1.82, 2.24) is 25.2 Å². The molecule has 2 amide bonds. The molecule has 0 bridgehead atoms. The standard InChI is InChI=1S/C13H16N6OS/c20-13(16-8-11-9-21-10-17-11)19-6-4-18(5-7-19)12-14-2-1-3-15-12/h1-3,9-10H,4-8H2,(H,16,20). The van der Waals surface area contributed by atoms with E-state index in [9.17, 15) is 4.79 Å². The Morgan fingerprint density at radius 1 is 1.19 bits per heavy atom. The monoisotopic (exact) mass is 304 g/mol. The fourth-order valence-corrected chi connectivity index (χ4v) is 2.73. The first-order chi connectivity index (χ1) is 10.3. The number of carbonyl (C=O) groups excluding carboxylic acids is 1. The second kappa shape index (κ2) is 6.49. The number of hydrogen-bond acceptors (Lipinski definition) is 6. The van der Waals surface area contributed by atoms with E-state index in [0.717, 1.165) is 24.7 Å². The number of piperazine rings is 1. The Kier molecular flexibility index (Phi) is 4.25. The van der Waals surface area contributed by atoms with Crippen LogP contribution in [0.3, 0.4) is 0 Å². The van der Waals surface area contributed by atoms with Crippen molar-refractivity contribution in [2.24, 2.45) is 0 Å². The van der Waals surface area contributed by atoms with Crippen LogP contribution in [0.25, 0.3) is 0 Å². The average molecular weight is 304 g/mol. The van der Waals surface area contributed by atoms with Crippen molar-refractivity contribution in [3.63, 3.8) is 0 Å².